The molecule has 0 radical (unpaired) electrons. The lowest BCUT2D eigenvalue weighted by molar-refractivity contribution is -0.133. The van der Waals surface area contributed by atoms with Crippen molar-refractivity contribution >= 4 is 0 Å². The van der Waals surface area contributed by atoms with Crippen molar-refractivity contribution in [2.45, 2.75) is 51.1 Å². The fourth-order valence-electron chi connectivity index (χ4n) is 3.26. The molecule has 28 heavy (non-hydrogen) atoms. The molecule has 5 N–H and O–H groups in total. The number of aliphatic hydroxyl groups is 1. The number of nitrogens with one attached hydrogen (secondary N) is 2. The SMILES string of the molecule is Cc1c[nH]cc1-c1ccc(C2CN2OC2CC2(O)CONC(N)C(C)C)cc1. The lowest BCUT2D eigenvalue weighted by atomic mass is 10.0. The largest absolute Gasteiger partial charge is 0.384 e. The molecule has 0 spiro atoms. The zero-order valence-corrected chi connectivity index (χ0v) is 16.7. The molecule has 2 aliphatic rings. The average Bonchev–Trinajstić information content (AvgIpc) is 3.52. The molecule has 5 unspecified atom stereocenters. The van der Waals surface area contributed by atoms with Gasteiger partial charge in [0.05, 0.1) is 18.8 Å². The van der Waals surface area contributed by atoms with Gasteiger partial charge in [-0.2, -0.15) is 10.5 Å². The van der Waals surface area contributed by atoms with Crippen LogP contribution in [0.5, 0.6) is 0 Å². The van der Waals surface area contributed by atoms with Crippen LogP contribution in [-0.4, -0.2) is 46.2 Å². The Bertz CT molecular complexity index is 806. The van der Waals surface area contributed by atoms with E-state index in [2.05, 4.69) is 41.7 Å². The molecule has 1 saturated carbocycles. The molecule has 1 aromatic heterocycles. The lowest BCUT2D eigenvalue weighted by Crippen LogP contribution is -2.43. The van der Waals surface area contributed by atoms with Gasteiger partial charge in [0.1, 0.15) is 11.7 Å². The van der Waals surface area contributed by atoms with Gasteiger partial charge < -0.3 is 15.8 Å². The molecule has 0 bridgehead atoms. The van der Waals surface area contributed by atoms with E-state index in [0.29, 0.717) is 6.42 Å². The summed E-state index contributed by atoms with van der Waals surface area (Å²) in [5, 5.41) is 12.4. The monoisotopic (exact) mass is 386 g/mol. The maximum atomic E-state index is 10.5. The Morgan fingerprint density at radius 1 is 1.32 bits per heavy atom. The number of benzene rings is 1. The molecule has 1 saturated heterocycles. The second-order valence-electron chi connectivity index (χ2n) is 8.37. The highest BCUT2D eigenvalue weighted by Crippen LogP contribution is 2.45. The van der Waals surface area contributed by atoms with Crippen LogP contribution in [0, 0.1) is 12.8 Å². The number of hydrogen-bond acceptors (Lipinski definition) is 6. The predicted molar refractivity (Wildman–Crippen MR) is 107 cm³/mol. The molecule has 5 atom stereocenters. The number of aromatic amines is 1. The molecule has 4 rings (SSSR count). The summed E-state index contributed by atoms with van der Waals surface area (Å²) >= 11 is 0. The van der Waals surface area contributed by atoms with Crippen molar-refractivity contribution in [3.63, 3.8) is 0 Å². The third-order valence-electron chi connectivity index (χ3n) is 5.63. The highest BCUT2D eigenvalue weighted by Gasteiger charge is 2.58. The van der Waals surface area contributed by atoms with Crippen LogP contribution in [0.3, 0.4) is 0 Å². The van der Waals surface area contributed by atoms with Crippen molar-refractivity contribution in [3.8, 4) is 11.1 Å². The Balaban J connectivity index is 1.24. The minimum atomic E-state index is -0.938. The third kappa shape index (κ3) is 4.15. The van der Waals surface area contributed by atoms with Crippen LogP contribution in [-0.2, 0) is 9.68 Å². The zero-order valence-electron chi connectivity index (χ0n) is 16.7. The van der Waals surface area contributed by atoms with Crippen LogP contribution >= 0.6 is 0 Å². The topological polar surface area (TPSA) is 95.5 Å². The van der Waals surface area contributed by atoms with Gasteiger partial charge in [-0.25, -0.2) is 0 Å². The Morgan fingerprint density at radius 2 is 2.07 bits per heavy atom. The van der Waals surface area contributed by atoms with Crippen molar-refractivity contribution in [2.75, 3.05) is 13.2 Å². The molecule has 1 aromatic carbocycles. The Morgan fingerprint density at radius 3 is 2.71 bits per heavy atom. The van der Waals surface area contributed by atoms with Gasteiger partial charge in [-0.3, -0.25) is 9.68 Å². The van der Waals surface area contributed by atoms with E-state index in [9.17, 15) is 5.11 Å². The Labute approximate surface area is 165 Å². The molecule has 7 nitrogen and oxygen atoms in total. The van der Waals surface area contributed by atoms with Crippen LogP contribution in [0.25, 0.3) is 11.1 Å². The van der Waals surface area contributed by atoms with Crippen molar-refractivity contribution in [1.29, 1.82) is 0 Å². The van der Waals surface area contributed by atoms with E-state index in [1.165, 1.54) is 22.3 Å². The van der Waals surface area contributed by atoms with Crippen LogP contribution in [0.4, 0.5) is 0 Å². The smallest absolute Gasteiger partial charge is 0.121 e. The summed E-state index contributed by atoms with van der Waals surface area (Å²) in [6.07, 6.45) is 4.12. The van der Waals surface area contributed by atoms with Gasteiger partial charge in [0.2, 0.25) is 0 Å². The van der Waals surface area contributed by atoms with E-state index < -0.39 is 5.60 Å². The van der Waals surface area contributed by atoms with Gasteiger partial charge in [0.15, 0.2) is 0 Å². The summed E-state index contributed by atoms with van der Waals surface area (Å²) in [5.41, 5.74) is 12.6. The van der Waals surface area contributed by atoms with Gasteiger partial charge in [-0.05, 0) is 29.5 Å². The highest BCUT2D eigenvalue weighted by atomic mass is 16.7. The molecule has 1 aliphatic carbocycles. The van der Waals surface area contributed by atoms with Crippen molar-refractivity contribution in [1.82, 2.24) is 15.5 Å². The van der Waals surface area contributed by atoms with E-state index in [1.54, 1.807) is 0 Å². The van der Waals surface area contributed by atoms with E-state index in [4.69, 9.17) is 15.4 Å². The fourth-order valence-corrected chi connectivity index (χ4v) is 3.26. The van der Waals surface area contributed by atoms with Gasteiger partial charge in [0.25, 0.3) is 0 Å². The normalized spacial score (nSPS) is 29.9. The maximum absolute atomic E-state index is 10.5. The first kappa shape index (κ1) is 19.6. The molecule has 2 aromatic rings. The van der Waals surface area contributed by atoms with E-state index in [0.717, 1.165) is 6.54 Å². The number of H-pyrrole nitrogens is 1. The second kappa shape index (κ2) is 7.59. The zero-order chi connectivity index (χ0) is 19.9. The van der Waals surface area contributed by atoms with E-state index in [1.807, 2.05) is 31.3 Å². The van der Waals surface area contributed by atoms with Crippen LogP contribution in [0.1, 0.15) is 37.4 Å². The number of rotatable bonds is 9. The summed E-state index contributed by atoms with van der Waals surface area (Å²) in [6.45, 7) is 7.12. The summed E-state index contributed by atoms with van der Waals surface area (Å²) in [6, 6.07) is 8.84. The van der Waals surface area contributed by atoms with Crippen LogP contribution < -0.4 is 11.2 Å². The molecular formula is C21H30N4O3. The van der Waals surface area contributed by atoms with Crippen molar-refractivity contribution in [3.05, 3.63) is 47.8 Å². The van der Waals surface area contributed by atoms with Crippen molar-refractivity contribution < 1.29 is 14.8 Å². The second-order valence-corrected chi connectivity index (χ2v) is 8.37. The van der Waals surface area contributed by atoms with E-state index in [-0.39, 0.29) is 30.8 Å². The molecule has 7 heteroatoms. The average molecular weight is 386 g/mol. The number of hydrogen-bond donors (Lipinski definition) is 4. The number of aromatic nitrogens is 1. The maximum Gasteiger partial charge on any atom is 0.121 e. The lowest BCUT2D eigenvalue weighted by Gasteiger charge is -2.18. The molecule has 2 heterocycles. The van der Waals surface area contributed by atoms with Gasteiger partial charge >= 0.3 is 0 Å². The van der Waals surface area contributed by atoms with E-state index >= 15 is 0 Å². The third-order valence-corrected chi connectivity index (χ3v) is 5.63. The number of nitrogens with zero attached hydrogens (tertiary/aromatic N) is 1. The quantitative estimate of drug-likeness (QED) is 0.300. The summed E-state index contributed by atoms with van der Waals surface area (Å²) < 4.78 is 0. The molecular weight excluding hydrogens is 356 g/mol. The highest BCUT2D eigenvalue weighted by molar-refractivity contribution is 5.66. The number of hydroxylamine groups is 3. The molecule has 0 amide bonds. The summed E-state index contributed by atoms with van der Waals surface area (Å²) in [7, 11) is 0. The number of aryl methyl sites for hydroxylation is 1. The van der Waals surface area contributed by atoms with Crippen molar-refractivity contribution in [2.24, 2.45) is 11.7 Å². The Hall–Kier alpha value is -1.74. The van der Waals surface area contributed by atoms with Crippen LogP contribution in [0.15, 0.2) is 36.7 Å². The predicted octanol–water partition coefficient (Wildman–Crippen LogP) is 2.24. The molecule has 2 fully saturated rings. The standard InChI is InChI=1S/C21H30N4O3/c1-13(2)20(22)24-27-12-21(26)8-19(21)28-25-11-18(25)16-6-4-15(5-7-16)17-10-23-9-14(17)3/h4-7,9-10,13,18-20,23-24,26H,8,11-12,22H2,1-3H3. The number of nitrogens with two attached hydrogens (primary N) is 1. The minimum Gasteiger partial charge on any atom is -0.384 e. The minimum absolute atomic E-state index is 0.168. The van der Waals surface area contributed by atoms with Gasteiger partial charge in [0, 0.05) is 30.9 Å². The summed E-state index contributed by atoms with van der Waals surface area (Å²) in [5.74, 6) is 0.256. The first-order valence-corrected chi connectivity index (χ1v) is 9.90. The van der Waals surface area contributed by atoms with Crippen LogP contribution in [0.2, 0.25) is 0 Å². The summed E-state index contributed by atoms with van der Waals surface area (Å²) in [4.78, 5) is 14.4. The fraction of sp³-hybridized carbons (Fsp3) is 0.524. The molecule has 1 aliphatic heterocycles. The van der Waals surface area contributed by atoms with Gasteiger partial charge in [-0.1, -0.05) is 38.1 Å². The van der Waals surface area contributed by atoms with Gasteiger partial charge in [-0.15, -0.1) is 0 Å². The first-order valence-electron chi connectivity index (χ1n) is 9.90. The molecule has 152 valence electrons. The Kier molecular flexibility index (Phi) is 5.30. The first-order chi connectivity index (χ1) is 13.4.